The maximum atomic E-state index is 4.70. The number of H-pyrrole nitrogens is 1. The van der Waals surface area contributed by atoms with E-state index in [2.05, 4.69) is 24.0 Å². The molecule has 1 aromatic heterocycles. The fourth-order valence-electron chi connectivity index (χ4n) is 6.28. The van der Waals surface area contributed by atoms with Crippen LogP contribution in [0.25, 0.3) is 0 Å². The maximum absolute atomic E-state index is 4.70. The van der Waals surface area contributed by atoms with Crippen molar-refractivity contribution < 1.29 is 0 Å². The third-order valence-corrected chi connectivity index (χ3v) is 5.70. The number of aromatic amines is 1. The Morgan fingerprint density at radius 3 is 2.22 bits per heavy atom. The van der Waals surface area contributed by atoms with Crippen molar-refractivity contribution in [2.24, 2.45) is 16.7 Å². The van der Waals surface area contributed by atoms with E-state index in [-0.39, 0.29) is 5.41 Å². The lowest BCUT2D eigenvalue weighted by Gasteiger charge is -2.64. The molecule has 1 heterocycles. The molecule has 3 heteroatoms. The Balaban J connectivity index is 1.82. The molecule has 0 aliphatic heterocycles. The van der Waals surface area contributed by atoms with Crippen LogP contribution in [0.2, 0.25) is 0 Å². The summed E-state index contributed by atoms with van der Waals surface area (Å²) in [5, 5.41) is 7.59. The van der Waals surface area contributed by atoms with Crippen LogP contribution in [0.4, 0.5) is 0 Å². The number of hydrogen-bond donors (Lipinski definition) is 1. The zero-order valence-corrected chi connectivity index (χ0v) is 11.7. The van der Waals surface area contributed by atoms with Crippen molar-refractivity contribution in [2.75, 3.05) is 0 Å². The fraction of sp³-hybridized carbons (Fsp3) is 0.867. The molecule has 0 saturated heterocycles. The van der Waals surface area contributed by atoms with E-state index in [4.69, 9.17) is 4.98 Å². The van der Waals surface area contributed by atoms with Crippen molar-refractivity contribution in [3.8, 4) is 0 Å². The zero-order chi connectivity index (χ0) is 12.6. The molecule has 4 fully saturated rings. The van der Waals surface area contributed by atoms with Crippen LogP contribution in [0.3, 0.4) is 0 Å². The molecular formula is C15H23N3. The molecule has 1 aromatic rings. The third-order valence-electron chi connectivity index (χ3n) is 5.70. The third kappa shape index (κ3) is 1.36. The summed E-state index contributed by atoms with van der Waals surface area (Å²) in [7, 11) is 0. The van der Waals surface area contributed by atoms with E-state index >= 15 is 0 Å². The second-order valence-corrected chi connectivity index (χ2v) is 8.15. The topological polar surface area (TPSA) is 41.6 Å². The van der Waals surface area contributed by atoms with Crippen LogP contribution in [0.15, 0.2) is 0 Å². The lowest BCUT2D eigenvalue weighted by Crippen LogP contribution is -2.57. The molecule has 2 unspecified atom stereocenters. The maximum Gasteiger partial charge on any atom is 0.156 e. The highest BCUT2D eigenvalue weighted by Crippen LogP contribution is 2.69. The Morgan fingerprint density at radius 1 is 1.06 bits per heavy atom. The first-order valence-corrected chi connectivity index (χ1v) is 7.30. The summed E-state index contributed by atoms with van der Waals surface area (Å²) in [6.07, 6.45) is 8.24. The van der Waals surface area contributed by atoms with Gasteiger partial charge in [0.1, 0.15) is 5.82 Å². The fourth-order valence-corrected chi connectivity index (χ4v) is 6.28. The summed E-state index contributed by atoms with van der Waals surface area (Å²) in [4.78, 5) is 4.70. The van der Waals surface area contributed by atoms with Crippen molar-refractivity contribution in [2.45, 2.75) is 64.7 Å². The molecule has 18 heavy (non-hydrogen) atoms. The lowest BCUT2D eigenvalue weighted by atomic mass is 9.40. The quantitative estimate of drug-likeness (QED) is 0.824. The van der Waals surface area contributed by atoms with Crippen LogP contribution >= 0.6 is 0 Å². The summed E-state index contributed by atoms with van der Waals surface area (Å²) in [6.45, 7) is 7.02. The van der Waals surface area contributed by atoms with Gasteiger partial charge in [-0.1, -0.05) is 13.8 Å². The molecule has 98 valence electrons. The second-order valence-electron chi connectivity index (χ2n) is 8.15. The van der Waals surface area contributed by atoms with E-state index in [0.29, 0.717) is 10.8 Å². The van der Waals surface area contributed by atoms with Gasteiger partial charge in [-0.05, 0) is 62.2 Å². The average Bonchev–Trinajstić information content (AvgIpc) is 2.59. The van der Waals surface area contributed by atoms with Gasteiger partial charge < -0.3 is 0 Å². The Labute approximate surface area is 109 Å². The van der Waals surface area contributed by atoms with E-state index in [9.17, 15) is 0 Å². The Kier molecular flexibility index (Phi) is 1.83. The van der Waals surface area contributed by atoms with Gasteiger partial charge in [0.05, 0.1) is 0 Å². The van der Waals surface area contributed by atoms with Gasteiger partial charge in [0.15, 0.2) is 5.82 Å². The monoisotopic (exact) mass is 245 g/mol. The van der Waals surface area contributed by atoms with E-state index < -0.39 is 0 Å². The van der Waals surface area contributed by atoms with Crippen LogP contribution in [0, 0.1) is 23.7 Å². The average molecular weight is 245 g/mol. The van der Waals surface area contributed by atoms with Gasteiger partial charge in [0, 0.05) is 5.41 Å². The molecule has 0 spiro atoms. The second kappa shape index (κ2) is 3.00. The smallest absolute Gasteiger partial charge is 0.156 e. The first-order chi connectivity index (χ1) is 8.41. The van der Waals surface area contributed by atoms with Crippen LogP contribution < -0.4 is 0 Å². The summed E-state index contributed by atoms with van der Waals surface area (Å²) >= 11 is 0. The van der Waals surface area contributed by atoms with Crippen LogP contribution in [-0.2, 0) is 5.41 Å². The van der Waals surface area contributed by atoms with Gasteiger partial charge in [-0.15, -0.1) is 0 Å². The van der Waals surface area contributed by atoms with Crippen LogP contribution in [0.5, 0.6) is 0 Å². The zero-order valence-electron chi connectivity index (χ0n) is 11.7. The lowest BCUT2D eigenvalue weighted by molar-refractivity contribution is -0.112. The van der Waals surface area contributed by atoms with Crippen molar-refractivity contribution in [3.05, 3.63) is 11.6 Å². The van der Waals surface area contributed by atoms with Gasteiger partial charge in [0.25, 0.3) is 0 Å². The largest absolute Gasteiger partial charge is 0.263 e. The number of nitrogens with zero attached hydrogens (tertiary/aromatic N) is 2. The van der Waals surface area contributed by atoms with E-state index in [1.54, 1.807) is 0 Å². The number of aromatic nitrogens is 3. The Morgan fingerprint density at radius 2 is 1.72 bits per heavy atom. The van der Waals surface area contributed by atoms with Crippen molar-refractivity contribution in [1.82, 2.24) is 15.2 Å². The van der Waals surface area contributed by atoms with Gasteiger partial charge in [-0.2, -0.15) is 5.10 Å². The van der Waals surface area contributed by atoms with Crippen molar-refractivity contribution >= 4 is 0 Å². The van der Waals surface area contributed by atoms with Crippen molar-refractivity contribution in [1.29, 1.82) is 0 Å². The standard InChI is InChI=1S/C15H23N3/c1-10-16-12(18-17-10)15-6-11-4-13(2,8-15)7-14(3,5-11)9-15/h11H,4-9H2,1-3H3,(H,16,17,18). The van der Waals surface area contributed by atoms with Gasteiger partial charge in [-0.25, -0.2) is 4.98 Å². The predicted molar refractivity (Wildman–Crippen MR) is 70.2 cm³/mol. The molecule has 4 aliphatic carbocycles. The molecular weight excluding hydrogens is 222 g/mol. The molecule has 2 atom stereocenters. The van der Waals surface area contributed by atoms with E-state index in [0.717, 1.165) is 17.6 Å². The summed E-state index contributed by atoms with van der Waals surface area (Å²) in [6, 6.07) is 0. The molecule has 3 nitrogen and oxygen atoms in total. The molecule has 4 aliphatic rings. The van der Waals surface area contributed by atoms with E-state index in [1.807, 2.05) is 6.92 Å². The van der Waals surface area contributed by atoms with Crippen molar-refractivity contribution in [3.63, 3.8) is 0 Å². The summed E-state index contributed by atoms with van der Waals surface area (Å²) < 4.78 is 0. The van der Waals surface area contributed by atoms with Crippen LogP contribution in [-0.4, -0.2) is 15.2 Å². The highest BCUT2D eigenvalue weighted by molar-refractivity contribution is 5.21. The first-order valence-electron chi connectivity index (χ1n) is 7.30. The Hall–Kier alpha value is -0.860. The minimum Gasteiger partial charge on any atom is -0.263 e. The molecule has 4 saturated carbocycles. The van der Waals surface area contributed by atoms with Gasteiger partial charge >= 0.3 is 0 Å². The summed E-state index contributed by atoms with van der Waals surface area (Å²) in [5.74, 6) is 2.99. The molecule has 0 aromatic carbocycles. The minimum atomic E-state index is 0.285. The number of rotatable bonds is 1. The molecule has 5 rings (SSSR count). The van der Waals surface area contributed by atoms with E-state index in [1.165, 1.54) is 38.5 Å². The van der Waals surface area contributed by atoms with Crippen LogP contribution in [0.1, 0.15) is 64.0 Å². The predicted octanol–water partition coefficient (Wildman–Crippen LogP) is 3.36. The molecule has 0 amide bonds. The highest BCUT2D eigenvalue weighted by atomic mass is 15.2. The molecule has 1 N–H and O–H groups in total. The first kappa shape index (κ1) is 11.0. The number of aryl methyl sites for hydroxylation is 1. The number of hydrogen-bond acceptors (Lipinski definition) is 2. The highest BCUT2D eigenvalue weighted by Gasteiger charge is 2.61. The molecule has 0 radical (unpaired) electrons. The normalized spacial score (nSPS) is 49.8. The Bertz CT molecular complexity index is 486. The van der Waals surface area contributed by atoms with Gasteiger partial charge in [0.2, 0.25) is 0 Å². The number of nitrogens with one attached hydrogen (secondary N) is 1. The van der Waals surface area contributed by atoms with Gasteiger partial charge in [-0.3, -0.25) is 5.10 Å². The molecule has 4 bridgehead atoms. The minimum absolute atomic E-state index is 0.285. The summed E-state index contributed by atoms with van der Waals surface area (Å²) in [5.41, 5.74) is 1.37. The SMILES string of the molecule is Cc1nc(C23CC4CC(C)(CC(C)(C4)C2)C3)n[nH]1.